The highest BCUT2D eigenvalue weighted by atomic mass is 16.6. The molecule has 19 heteroatoms. The van der Waals surface area contributed by atoms with Gasteiger partial charge in [-0.1, -0.05) is 36.1 Å². The Hall–Kier alpha value is -7.71. The predicted molar refractivity (Wildman–Crippen MR) is 224 cm³/mol. The number of nitrogens with zero attached hydrogens (tertiary/aromatic N) is 3. The number of hydrogen-bond donors (Lipinski definition) is 4. The van der Waals surface area contributed by atoms with Gasteiger partial charge in [0.2, 0.25) is 5.91 Å². The molecule has 0 aliphatic carbocycles. The van der Waals surface area contributed by atoms with Crippen LogP contribution < -0.4 is 31.9 Å². The number of hydrogen-bond acceptors (Lipinski definition) is 15. The molecular weight excluding hydrogens is 824 g/mol. The first-order valence-electron chi connectivity index (χ1n) is 19.1. The minimum absolute atomic E-state index is 0.0704. The molecule has 4 aromatic carbocycles. The van der Waals surface area contributed by atoms with Crippen molar-refractivity contribution < 1.29 is 58.2 Å². The van der Waals surface area contributed by atoms with Gasteiger partial charge in [-0.25, -0.2) is 37.7 Å². The Balaban J connectivity index is 1.31. The maximum Gasteiger partial charge on any atom is 0.338 e. The zero-order valence-electron chi connectivity index (χ0n) is 33.8. The molecule has 5 aromatic rings. The first kappa shape index (κ1) is 46.4. The number of carbonyl (C=O) groups is 4. The number of aromatic nitrogens is 3. The molecule has 19 nitrogen and oxygen atoms in total. The zero-order chi connectivity index (χ0) is 45.6. The zero-order valence-corrected chi connectivity index (χ0v) is 33.8. The highest BCUT2D eigenvalue weighted by molar-refractivity contribution is 5.96. The lowest BCUT2D eigenvalue weighted by Gasteiger charge is -2.19. The van der Waals surface area contributed by atoms with Crippen LogP contribution in [0.15, 0.2) is 87.2 Å². The molecule has 3 atom stereocenters. The van der Waals surface area contributed by atoms with Crippen molar-refractivity contribution in [2.75, 3.05) is 39.6 Å². The summed E-state index contributed by atoms with van der Waals surface area (Å²) >= 11 is 0. The van der Waals surface area contributed by atoms with Crippen LogP contribution in [-0.2, 0) is 43.4 Å². The van der Waals surface area contributed by atoms with Crippen molar-refractivity contribution in [3.63, 3.8) is 0 Å². The molecule has 0 radical (unpaired) electrons. The highest BCUT2D eigenvalue weighted by Gasteiger charge is 2.24. The molecule has 3 unspecified atom stereocenters. The van der Waals surface area contributed by atoms with Crippen LogP contribution in [0.3, 0.4) is 0 Å². The number of aliphatic hydroxyl groups excluding tert-OH is 3. The van der Waals surface area contributed by atoms with Crippen LogP contribution in [-0.4, -0.2) is 111 Å². The Morgan fingerprint density at radius 3 is 1.33 bits per heavy atom. The molecule has 0 bridgehead atoms. The Morgan fingerprint density at radius 2 is 0.952 bits per heavy atom. The topological polar surface area (TPSA) is 253 Å². The summed E-state index contributed by atoms with van der Waals surface area (Å²) in [5.74, 6) is 2.61. The Labute approximate surface area is 357 Å². The van der Waals surface area contributed by atoms with E-state index in [9.17, 15) is 48.9 Å². The second kappa shape index (κ2) is 21.7. The maximum atomic E-state index is 13.7. The Morgan fingerprint density at radius 1 is 0.587 bits per heavy atom. The number of fused-ring (bicyclic) bond motifs is 2. The average Bonchev–Trinajstić information content (AvgIpc) is 3.28. The molecule has 0 saturated heterocycles. The van der Waals surface area contributed by atoms with E-state index in [1.54, 1.807) is 48.5 Å². The van der Waals surface area contributed by atoms with Crippen LogP contribution in [0.2, 0.25) is 0 Å². The quantitative estimate of drug-likeness (QED) is 0.0456. The fourth-order valence-electron chi connectivity index (χ4n) is 6.02. The van der Waals surface area contributed by atoms with Gasteiger partial charge in [0.1, 0.15) is 69.4 Å². The van der Waals surface area contributed by atoms with Gasteiger partial charge in [-0.2, -0.15) is 0 Å². The molecule has 1 aromatic heterocycles. The van der Waals surface area contributed by atoms with E-state index < -0.39 is 105 Å². The molecule has 0 aliphatic rings. The summed E-state index contributed by atoms with van der Waals surface area (Å²) in [6.45, 7) is -3.93. The van der Waals surface area contributed by atoms with Crippen molar-refractivity contribution in [2.45, 2.75) is 44.9 Å². The number of benzene rings is 4. The molecule has 0 fully saturated rings. The van der Waals surface area contributed by atoms with Crippen LogP contribution >= 0.6 is 0 Å². The maximum absolute atomic E-state index is 13.7. The normalized spacial score (nSPS) is 12.3. The van der Waals surface area contributed by atoms with Crippen molar-refractivity contribution in [1.29, 1.82) is 0 Å². The first-order chi connectivity index (χ1) is 30.2. The summed E-state index contributed by atoms with van der Waals surface area (Å²) in [5, 5.41) is 37.4. The van der Waals surface area contributed by atoms with E-state index in [0.717, 1.165) is 17.7 Å². The highest BCUT2D eigenvalue weighted by Crippen LogP contribution is 2.24. The summed E-state index contributed by atoms with van der Waals surface area (Å²) in [6.07, 6.45) is 5.37. The third-order valence-corrected chi connectivity index (χ3v) is 9.04. The van der Waals surface area contributed by atoms with E-state index in [4.69, 9.17) is 36.5 Å². The van der Waals surface area contributed by atoms with Crippen molar-refractivity contribution in [3.05, 3.63) is 115 Å². The van der Waals surface area contributed by atoms with E-state index in [2.05, 4.69) is 17.2 Å². The van der Waals surface area contributed by atoms with Crippen LogP contribution in [0.5, 0.6) is 11.5 Å². The lowest BCUT2D eigenvalue weighted by molar-refractivity contribution is -0.146. The lowest BCUT2D eigenvalue weighted by atomic mass is 10.1. The van der Waals surface area contributed by atoms with E-state index in [1.807, 2.05) is 0 Å². The Bertz CT molecular complexity index is 2610. The SMILES string of the molecule is C#CCOc1ccc2cc(C(=O)OCC(O)Cn3c(=O)n(CC(O)COC(=O)CNC(C)=O)c(=O)n(CC(O)COC(=O)c4ccc5cc(OCC#C)ccc5c4)c3=O)ccc2c1. The molecule has 63 heavy (non-hydrogen) atoms. The van der Waals surface area contributed by atoms with Gasteiger partial charge in [-0.3, -0.25) is 9.59 Å². The van der Waals surface area contributed by atoms with Gasteiger partial charge >= 0.3 is 35.0 Å². The molecule has 0 saturated carbocycles. The number of rotatable bonds is 20. The number of terminal acetylenes is 2. The smallest absolute Gasteiger partial charge is 0.338 e. The molecule has 5 rings (SSSR count). The third-order valence-electron chi connectivity index (χ3n) is 9.04. The Kier molecular flexibility index (Phi) is 16.0. The number of carbonyl (C=O) groups excluding carboxylic acids is 4. The van der Waals surface area contributed by atoms with E-state index >= 15 is 0 Å². The monoisotopic (exact) mass is 866 g/mol. The van der Waals surface area contributed by atoms with Crippen molar-refractivity contribution in [1.82, 2.24) is 19.0 Å². The molecule has 0 spiro atoms. The van der Waals surface area contributed by atoms with Crippen LogP contribution in [0.25, 0.3) is 21.5 Å². The first-order valence-corrected chi connectivity index (χ1v) is 19.1. The van der Waals surface area contributed by atoms with Gasteiger partial charge < -0.3 is 44.3 Å². The summed E-state index contributed by atoms with van der Waals surface area (Å²) < 4.78 is 27.5. The van der Waals surface area contributed by atoms with Crippen LogP contribution in [0, 0.1) is 24.7 Å². The molecule has 328 valence electrons. The van der Waals surface area contributed by atoms with Crippen LogP contribution in [0.4, 0.5) is 0 Å². The largest absolute Gasteiger partial charge is 0.481 e. The van der Waals surface area contributed by atoms with Crippen molar-refractivity contribution >= 4 is 45.4 Å². The van der Waals surface area contributed by atoms with Gasteiger partial charge in [0.15, 0.2) is 0 Å². The summed E-state index contributed by atoms with van der Waals surface area (Å²) in [7, 11) is 0. The van der Waals surface area contributed by atoms with Crippen LogP contribution in [0.1, 0.15) is 27.6 Å². The second-order valence-electron chi connectivity index (χ2n) is 13.9. The molecule has 0 aliphatic heterocycles. The summed E-state index contributed by atoms with van der Waals surface area (Å²) in [4.78, 5) is 89.8. The standard InChI is InChI=1S/C44H42N4O15/c1-4-14-59-37-12-10-28-16-32(8-6-30(28)18-37)40(54)62-25-35(51)22-47-42(56)46(21-34(50)24-61-39(53)20-45-27(3)49)43(57)48(44(47)58)23-36(52)26-63-41(55)33-9-7-31-19-38(60-15-5-2)13-11-29(31)17-33/h1-2,6-13,16-19,34-36,50-52H,14-15,20-26H2,3H3,(H,45,49). The minimum atomic E-state index is -1.71. The van der Waals surface area contributed by atoms with Crippen molar-refractivity contribution in [2.24, 2.45) is 0 Å². The molecule has 4 N–H and O–H groups in total. The molecular formula is C44H42N4O15. The molecule has 1 amide bonds. The number of esters is 3. The lowest BCUT2D eigenvalue weighted by Crippen LogP contribution is -2.57. The predicted octanol–water partition coefficient (Wildman–Crippen LogP) is -0.0219. The fraction of sp³-hybridized carbons (Fsp3) is 0.295. The van der Waals surface area contributed by atoms with Gasteiger partial charge in [0.25, 0.3) is 0 Å². The number of ether oxygens (including phenoxy) is 5. The molecule has 1 heterocycles. The van der Waals surface area contributed by atoms with Gasteiger partial charge in [-0.05, 0) is 70.1 Å². The number of aliphatic hydroxyl groups is 3. The van der Waals surface area contributed by atoms with E-state index in [0.29, 0.717) is 36.0 Å². The van der Waals surface area contributed by atoms with Gasteiger partial charge in [0, 0.05) is 6.92 Å². The number of amides is 1. The average molecular weight is 867 g/mol. The minimum Gasteiger partial charge on any atom is -0.481 e. The third kappa shape index (κ3) is 12.7. The van der Waals surface area contributed by atoms with Gasteiger partial charge in [-0.15, -0.1) is 12.8 Å². The van der Waals surface area contributed by atoms with E-state index in [1.165, 1.54) is 24.3 Å². The number of nitrogens with one attached hydrogen (secondary N) is 1. The second-order valence-corrected chi connectivity index (χ2v) is 13.9. The van der Waals surface area contributed by atoms with E-state index in [-0.39, 0.29) is 24.3 Å². The summed E-state index contributed by atoms with van der Waals surface area (Å²) in [5.41, 5.74) is -3.72. The summed E-state index contributed by atoms with van der Waals surface area (Å²) in [6, 6.07) is 19.5. The fourth-order valence-corrected chi connectivity index (χ4v) is 6.02. The van der Waals surface area contributed by atoms with Gasteiger partial charge in [0.05, 0.1) is 30.8 Å². The van der Waals surface area contributed by atoms with Crippen molar-refractivity contribution in [3.8, 4) is 36.2 Å².